The van der Waals surface area contributed by atoms with Gasteiger partial charge in [-0.05, 0) is 55.7 Å². The Balaban J connectivity index is 2.20. The van der Waals surface area contributed by atoms with E-state index in [2.05, 4.69) is 44.3 Å². The molecule has 1 aliphatic carbocycles. The molecule has 0 spiro atoms. The Bertz CT molecular complexity index is 421. The van der Waals surface area contributed by atoms with Gasteiger partial charge in [0, 0.05) is 11.1 Å². The molecule has 0 bridgehead atoms. The van der Waals surface area contributed by atoms with Gasteiger partial charge in [0.1, 0.15) is 0 Å². The molecule has 2 heteroatoms. The molecule has 0 heterocycles. The van der Waals surface area contributed by atoms with Crippen molar-refractivity contribution >= 4 is 11.6 Å². The number of aryl methyl sites for hydroxylation is 1. The lowest BCUT2D eigenvalue weighted by molar-refractivity contribution is 0.231. The van der Waals surface area contributed by atoms with E-state index in [1.807, 2.05) is 0 Å². The van der Waals surface area contributed by atoms with E-state index in [9.17, 15) is 0 Å². The van der Waals surface area contributed by atoms with Crippen molar-refractivity contribution in [3.8, 4) is 0 Å². The monoisotopic (exact) mass is 293 g/mol. The van der Waals surface area contributed by atoms with Crippen LogP contribution < -0.4 is 5.32 Å². The van der Waals surface area contributed by atoms with Gasteiger partial charge in [0.25, 0.3) is 0 Å². The van der Waals surface area contributed by atoms with Crippen molar-refractivity contribution in [1.82, 2.24) is 5.32 Å². The van der Waals surface area contributed by atoms with Crippen LogP contribution in [-0.2, 0) is 0 Å². The van der Waals surface area contributed by atoms with Gasteiger partial charge in [0.2, 0.25) is 0 Å². The van der Waals surface area contributed by atoms with Gasteiger partial charge in [-0.2, -0.15) is 0 Å². The smallest absolute Gasteiger partial charge is 0.0483 e. The molecule has 0 aliphatic heterocycles. The maximum absolute atomic E-state index is 6.57. The molecule has 1 aliphatic rings. The molecule has 112 valence electrons. The molecule has 20 heavy (non-hydrogen) atoms. The van der Waals surface area contributed by atoms with Gasteiger partial charge >= 0.3 is 0 Å². The molecule has 1 fully saturated rings. The van der Waals surface area contributed by atoms with Gasteiger partial charge in [0.05, 0.1) is 0 Å². The van der Waals surface area contributed by atoms with Crippen molar-refractivity contribution in [2.75, 3.05) is 6.54 Å². The molecule has 1 nitrogen and oxygen atoms in total. The van der Waals surface area contributed by atoms with E-state index < -0.39 is 0 Å². The van der Waals surface area contributed by atoms with Crippen LogP contribution >= 0.6 is 11.6 Å². The first-order valence-electron chi connectivity index (χ1n) is 8.11. The summed E-state index contributed by atoms with van der Waals surface area (Å²) in [5.41, 5.74) is 2.50. The van der Waals surface area contributed by atoms with Crippen LogP contribution in [0.5, 0.6) is 0 Å². The second-order valence-corrected chi connectivity index (χ2v) is 6.81. The number of rotatable bonds is 5. The minimum atomic E-state index is 0.426. The average molecular weight is 294 g/mol. The van der Waals surface area contributed by atoms with Crippen LogP contribution in [0.1, 0.15) is 63.1 Å². The number of benzene rings is 1. The van der Waals surface area contributed by atoms with Gasteiger partial charge in [-0.25, -0.2) is 0 Å². The number of hydrogen-bond acceptors (Lipinski definition) is 1. The minimum absolute atomic E-state index is 0.426. The Labute approximate surface area is 129 Å². The zero-order chi connectivity index (χ0) is 14.5. The predicted molar refractivity (Wildman–Crippen MR) is 88.3 cm³/mol. The van der Waals surface area contributed by atoms with Crippen LogP contribution in [0.15, 0.2) is 18.2 Å². The number of halogens is 1. The number of nitrogens with one attached hydrogen (secondary N) is 1. The van der Waals surface area contributed by atoms with Crippen molar-refractivity contribution in [2.45, 2.75) is 58.9 Å². The van der Waals surface area contributed by atoms with E-state index in [1.54, 1.807) is 0 Å². The molecule has 0 radical (unpaired) electrons. The summed E-state index contributed by atoms with van der Waals surface area (Å²) in [6.45, 7) is 7.78. The molecule has 1 unspecified atom stereocenters. The van der Waals surface area contributed by atoms with Crippen LogP contribution in [0.25, 0.3) is 0 Å². The lowest BCUT2D eigenvalue weighted by Crippen LogP contribution is -2.31. The second-order valence-electron chi connectivity index (χ2n) is 6.43. The van der Waals surface area contributed by atoms with Crippen molar-refractivity contribution < 1.29 is 0 Å². The van der Waals surface area contributed by atoms with Crippen molar-refractivity contribution in [2.24, 2.45) is 11.8 Å². The van der Waals surface area contributed by atoms with Crippen LogP contribution in [-0.4, -0.2) is 6.54 Å². The van der Waals surface area contributed by atoms with Crippen LogP contribution in [0, 0.1) is 18.8 Å². The highest BCUT2D eigenvalue weighted by atomic mass is 35.5. The van der Waals surface area contributed by atoms with E-state index in [0.29, 0.717) is 6.04 Å². The Morgan fingerprint density at radius 3 is 2.60 bits per heavy atom. The second kappa shape index (κ2) is 7.47. The maximum Gasteiger partial charge on any atom is 0.0483 e. The molecule has 0 saturated heterocycles. The molecule has 0 aromatic heterocycles. The van der Waals surface area contributed by atoms with Crippen molar-refractivity contribution in [3.05, 3.63) is 34.3 Å². The van der Waals surface area contributed by atoms with E-state index >= 15 is 0 Å². The maximum atomic E-state index is 6.57. The third-order valence-corrected chi connectivity index (χ3v) is 5.22. The summed E-state index contributed by atoms with van der Waals surface area (Å²) in [5.74, 6) is 1.63. The van der Waals surface area contributed by atoms with Gasteiger partial charge in [-0.15, -0.1) is 0 Å². The van der Waals surface area contributed by atoms with E-state index in [0.717, 1.165) is 23.4 Å². The van der Waals surface area contributed by atoms with Crippen LogP contribution in [0.2, 0.25) is 5.02 Å². The third-order valence-electron chi connectivity index (χ3n) is 4.70. The SMILES string of the molecule is CCCNC(c1cccc(C)c1Cl)C1CCC(C)CC1. The Morgan fingerprint density at radius 1 is 1.25 bits per heavy atom. The van der Waals surface area contributed by atoms with Crippen molar-refractivity contribution in [3.63, 3.8) is 0 Å². The molecular formula is C18H28ClN. The van der Waals surface area contributed by atoms with Gasteiger partial charge in [-0.3, -0.25) is 0 Å². The predicted octanol–water partition coefficient (Wildman–Crippen LogP) is 5.52. The quantitative estimate of drug-likeness (QED) is 0.754. The van der Waals surface area contributed by atoms with Gasteiger partial charge < -0.3 is 5.32 Å². The summed E-state index contributed by atoms with van der Waals surface area (Å²) < 4.78 is 0. The molecule has 1 aromatic carbocycles. The molecule has 0 amide bonds. The van der Waals surface area contributed by atoms with Crippen LogP contribution in [0.4, 0.5) is 0 Å². The first kappa shape index (κ1) is 15.9. The largest absolute Gasteiger partial charge is 0.310 e. The highest BCUT2D eigenvalue weighted by Crippen LogP contribution is 2.39. The molecule has 1 N–H and O–H groups in total. The highest BCUT2D eigenvalue weighted by Gasteiger charge is 2.28. The average Bonchev–Trinajstić information content (AvgIpc) is 2.45. The van der Waals surface area contributed by atoms with E-state index in [4.69, 9.17) is 11.6 Å². The van der Waals surface area contributed by atoms with Crippen LogP contribution in [0.3, 0.4) is 0 Å². The Hall–Kier alpha value is -0.530. The molecule has 1 aromatic rings. The van der Waals surface area contributed by atoms with E-state index in [-0.39, 0.29) is 0 Å². The molecule has 1 atom stereocenters. The lowest BCUT2D eigenvalue weighted by atomic mass is 9.77. The standard InChI is InChI=1S/C18H28ClN/c1-4-12-20-18(15-10-8-13(2)9-11-15)16-7-5-6-14(3)17(16)19/h5-7,13,15,18,20H,4,8-12H2,1-3H3. The first-order chi connectivity index (χ1) is 9.63. The third kappa shape index (κ3) is 3.77. The summed E-state index contributed by atoms with van der Waals surface area (Å²) in [5, 5.41) is 4.71. The van der Waals surface area contributed by atoms with E-state index in [1.165, 1.54) is 43.2 Å². The fourth-order valence-corrected chi connectivity index (χ4v) is 3.60. The lowest BCUT2D eigenvalue weighted by Gasteiger charge is -2.34. The minimum Gasteiger partial charge on any atom is -0.310 e. The first-order valence-corrected chi connectivity index (χ1v) is 8.49. The fraction of sp³-hybridized carbons (Fsp3) is 0.667. The van der Waals surface area contributed by atoms with Gasteiger partial charge in [-0.1, -0.05) is 56.5 Å². The molecular weight excluding hydrogens is 266 g/mol. The van der Waals surface area contributed by atoms with Crippen molar-refractivity contribution in [1.29, 1.82) is 0 Å². The summed E-state index contributed by atoms with van der Waals surface area (Å²) in [7, 11) is 0. The summed E-state index contributed by atoms with van der Waals surface area (Å²) in [6.07, 6.45) is 6.54. The summed E-state index contributed by atoms with van der Waals surface area (Å²) in [4.78, 5) is 0. The normalized spacial score (nSPS) is 24.6. The Kier molecular flexibility index (Phi) is 5.92. The molecule has 2 rings (SSSR count). The topological polar surface area (TPSA) is 12.0 Å². The summed E-state index contributed by atoms with van der Waals surface area (Å²) in [6, 6.07) is 6.88. The summed E-state index contributed by atoms with van der Waals surface area (Å²) >= 11 is 6.57. The zero-order valence-electron chi connectivity index (χ0n) is 13.1. The fourth-order valence-electron chi connectivity index (χ4n) is 3.36. The number of hydrogen-bond donors (Lipinski definition) is 1. The highest BCUT2D eigenvalue weighted by molar-refractivity contribution is 6.32. The molecule has 1 saturated carbocycles. The zero-order valence-corrected chi connectivity index (χ0v) is 13.8. The van der Waals surface area contributed by atoms with Gasteiger partial charge in [0.15, 0.2) is 0 Å². The Morgan fingerprint density at radius 2 is 1.95 bits per heavy atom.